The van der Waals surface area contributed by atoms with Crippen LogP contribution >= 0.6 is 22.9 Å². The van der Waals surface area contributed by atoms with Crippen LogP contribution in [0.25, 0.3) is 0 Å². The Balaban J connectivity index is 1.70. The zero-order chi connectivity index (χ0) is 19.2. The number of methoxy groups -OCH3 is 1. The van der Waals surface area contributed by atoms with E-state index in [-0.39, 0.29) is 0 Å². The van der Waals surface area contributed by atoms with Crippen LogP contribution < -0.4 is 14.9 Å². The monoisotopic (exact) mass is 401 g/mol. The summed E-state index contributed by atoms with van der Waals surface area (Å²) < 4.78 is 11.3. The molecule has 0 unspecified atom stereocenters. The molecule has 0 saturated heterocycles. The number of nitrogens with one attached hydrogen (secondary N) is 1. The van der Waals surface area contributed by atoms with Gasteiger partial charge in [-0.05, 0) is 55.3 Å². The number of benzene rings is 2. The minimum atomic E-state index is 0.340. The number of nitrogens with zero attached hydrogens (tertiary/aromatic N) is 2. The van der Waals surface area contributed by atoms with Gasteiger partial charge < -0.3 is 9.47 Å². The van der Waals surface area contributed by atoms with Crippen LogP contribution in [0.15, 0.2) is 46.9 Å². The number of thiazole rings is 1. The average molecular weight is 402 g/mol. The van der Waals surface area contributed by atoms with Crippen LogP contribution in [0.5, 0.6) is 11.5 Å². The lowest BCUT2D eigenvalue weighted by molar-refractivity contribution is 0.297. The van der Waals surface area contributed by atoms with E-state index in [0.717, 1.165) is 33.3 Å². The van der Waals surface area contributed by atoms with Crippen LogP contribution in [0.4, 0.5) is 5.13 Å². The third-order valence-electron chi connectivity index (χ3n) is 3.77. The molecular formula is C20H20ClN3O2S. The van der Waals surface area contributed by atoms with Gasteiger partial charge >= 0.3 is 0 Å². The minimum absolute atomic E-state index is 0.340. The Labute approximate surface area is 167 Å². The lowest BCUT2D eigenvalue weighted by Crippen LogP contribution is -2.01. The van der Waals surface area contributed by atoms with Gasteiger partial charge in [-0.15, -0.1) is 11.3 Å². The molecule has 0 aliphatic carbocycles. The molecule has 2 aromatic carbocycles. The zero-order valence-electron chi connectivity index (χ0n) is 15.3. The highest BCUT2D eigenvalue weighted by molar-refractivity contribution is 7.13. The molecule has 3 rings (SSSR count). The summed E-state index contributed by atoms with van der Waals surface area (Å²) in [6.07, 6.45) is 1.73. The zero-order valence-corrected chi connectivity index (χ0v) is 16.9. The number of aromatic nitrogens is 1. The Morgan fingerprint density at radius 2 is 2.00 bits per heavy atom. The molecular weight excluding hydrogens is 382 g/mol. The predicted octanol–water partition coefficient (Wildman–Crippen LogP) is 5.45. The Morgan fingerprint density at radius 1 is 1.19 bits per heavy atom. The van der Waals surface area contributed by atoms with E-state index in [0.29, 0.717) is 17.4 Å². The normalized spacial score (nSPS) is 11.0. The Kier molecular flexibility index (Phi) is 6.32. The predicted molar refractivity (Wildman–Crippen MR) is 112 cm³/mol. The molecule has 1 heterocycles. The first-order valence-electron chi connectivity index (χ1n) is 8.32. The van der Waals surface area contributed by atoms with E-state index in [1.165, 1.54) is 11.3 Å². The van der Waals surface area contributed by atoms with Crippen LogP contribution in [0.2, 0.25) is 5.02 Å². The van der Waals surface area contributed by atoms with Crippen LogP contribution in [0.3, 0.4) is 0 Å². The summed E-state index contributed by atoms with van der Waals surface area (Å²) in [5.41, 5.74) is 6.81. The molecule has 5 nitrogen and oxygen atoms in total. The van der Waals surface area contributed by atoms with E-state index in [1.807, 2.05) is 55.6 Å². The van der Waals surface area contributed by atoms with E-state index in [1.54, 1.807) is 13.3 Å². The molecule has 0 fully saturated rings. The number of aryl methyl sites for hydroxylation is 2. The summed E-state index contributed by atoms with van der Waals surface area (Å²) in [5, 5.41) is 7.55. The molecule has 140 valence electrons. The number of hydrogen-bond acceptors (Lipinski definition) is 6. The summed E-state index contributed by atoms with van der Waals surface area (Å²) >= 11 is 7.75. The second-order valence-electron chi connectivity index (χ2n) is 5.96. The second-order valence-corrected chi connectivity index (χ2v) is 7.22. The first kappa shape index (κ1) is 19.2. The molecule has 3 aromatic rings. The minimum Gasteiger partial charge on any atom is -0.496 e. The molecule has 0 saturated carbocycles. The van der Waals surface area contributed by atoms with E-state index in [4.69, 9.17) is 21.1 Å². The third kappa shape index (κ3) is 5.21. The number of hydrazone groups is 1. The molecule has 0 radical (unpaired) electrons. The molecule has 1 N–H and O–H groups in total. The van der Waals surface area contributed by atoms with Crippen LogP contribution in [-0.4, -0.2) is 18.3 Å². The summed E-state index contributed by atoms with van der Waals surface area (Å²) in [4.78, 5) is 4.31. The topological polar surface area (TPSA) is 55.7 Å². The molecule has 27 heavy (non-hydrogen) atoms. The van der Waals surface area contributed by atoms with Crippen molar-refractivity contribution in [1.82, 2.24) is 4.98 Å². The van der Waals surface area contributed by atoms with Gasteiger partial charge in [-0.2, -0.15) is 5.10 Å². The average Bonchev–Trinajstić information content (AvgIpc) is 3.06. The van der Waals surface area contributed by atoms with Gasteiger partial charge in [0.05, 0.1) is 24.0 Å². The Bertz CT molecular complexity index is 956. The fourth-order valence-electron chi connectivity index (χ4n) is 2.44. The first-order chi connectivity index (χ1) is 13.0. The van der Waals surface area contributed by atoms with Gasteiger partial charge in [0.15, 0.2) is 0 Å². The van der Waals surface area contributed by atoms with Crippen molar-refractivity contribution in [3.8, 4) is 11.5 Å². The van der Waals surface area contributed by atoms with Crippen molar-refractivity contribution in [3.05, 3.63) is 69.2 Å². The molecule has 0 aliphatic rings. The van der Waals surface area contributed by atoms with Crippen LogP contribution in [0.1, 0.15) is 22.4 Å². The number of anilines is 1. The number of hydrogen-bond donors (Lipinski definition) is 1. The van der Waals surface area contributed by atoms with E-state index >= 15 is 0 Å². The molecule has 7 heteroatoms. The van der Waals surface area contributed by atoms with Gasteiger partial charge in [0, 0.05) is 10.9 Å². The van der Waals surface area contributed by atoms with Crippen LogP contribution in [0, 0.1) is 13.8 Å². The number of rotatable bonds is 7. The van der Waals surface area contributed by atoms with Gasteiger partial charge in [0.1, 0.15) is 18.1 Å². The van der Waals surface area contributed by atoms with Crippen molar-refractivity contribution < 1.29 is 9.47 Å². The quantitative estimate of drug-likeness (QED) is 0.422. The highest BCUT2D eigenvalue weighted by Crippen LogP contribution is 2.28. The molecule has 1 aromatic heterocycles. The molecule has 0 bridgehead atoms. The molecule has 0 amide bonds. The Morgan fingerprint density at radius 3 is 2.70 bits per heavy atom. The summed E-state index contributed by atoms with van der Waals surface area (Å²) in [7, 11) is 1.64. The second kappa shape index (κ2) is 8.88. The summed E-state index contributed by atoms with van der Waals surface area (Å²) in [6.45, 7) is 4.27. The fourth-order valence-corrected chi connectivity index (χ4v) is 3.36. The number of ether oxygens (including phenoxy) is 2. The van der Waals surface area contributed by atoms with Crippen molar-refractivity contribution in [2.45, 2.75) is 20.5 Å². The maximum absolute atomic E-state index is 6.24. The smallest absolute Gasteiger partial charge is 0.203 e. The van der Waals surface area contributed by atoms with E-state index in [2.05, 4.69) is 15.5 Å². The maximum atomic E-state index is 6.24. The largest absolute Gasteiger partial charge is 0.496 e. The molecule has 0 aliphatic heterocycles. The number of halogens is 1. The summed E-state index contributed by atoms with van der Waals surface area (Å²) in [5.74, 6) is 1.39. The van der Waals surface area contributed by atoms with Crippen molar-refractivity contribution in [2.75, 3.05) is 12.5 Å². The van der Waals surface area contributed by atoms with Gasteiger partial charge in [-0.1, -0.05) is 17.7 Å². The van der Waals surface area contributed by atoms with Gasteiger partial charge in [0.2, 0.25) is 5.13 Å². The van der Waals surface area contributed by atoms with Gasteiger partial charge in [-0.25, -0.2) is 4.98 Å². The molecule has 0 atom stereocenters. The van der Waals surface area contributed by atoms with Crippen molar-refractivity contribution in [2.24, 2.45) is 5.10 Å². The van der Waals surface area contributed by atoms with Crippen molar-refractivity contribution in [1.29, 1.82) is 0 Å². The van der Waals surface area contributed by atoms with Crippen LogP contribution in [-0.2, 0) is 6.61 Å². The fraction of sp³-hybridized carbons (Fsp3) is 0.200. The van der Waals surface area contributed by atoms with Crippen molar-refractivity contribution in [3.63, 3.8) is 0 Å². The van der Waals surface area contributed by atoms with E-state index < -0.39 is 0 Å². The lowest BCUT2D eigenvalue weighted by atomic mass is 10.1. The highest BCUT2D eigenvalue weighted by atomic mass is 35.5. The molecule has 0 spiro atoms. The Hall–Kier alpha value is -2.57. The lowest BCUT2D eigenvalue weighted by Gasteiger charge is -2.12. The SMILES string of the molecule is COc1ccc(C=NNc2nc(C)cs2)cc1COc1ccc(C)cc1Cl. The van der Waals surface area contributed by atoms with Gasteiger partial charge in [-0.3, -0.25) is 5.43 Å². The third-order valence-corrected chi connectivity index (χ3v) is 4.93. The standard InChI is InChI=1S/C20H20ClN3O2S/c1-13-4-6-19(17(21)8-13)26-11-16-9-15(5-7-18(16)25-3)10-22-24-20-23-14(2)12-27-20/h4-10,12H,11H2,1-3H3,(H,23,24). The first-order valence-corrected chi connectivity index (χ1v) is 9.58. The summed E-state index contributed by atoms with van der Waals surface area (Å²) in [6, 6.07) is 11.5. The van der Waals surface area contributed by atoms with Crippen molar-refractivity contribution >= 4 is 34.3 Å². The maximum Gasteiger partial charge on any atom is 0.203 e. The highest BCUT2D eigenvalue weighted by Gasteiger charge is 2.07. The van der Waals surface area contributed by atoms with Gasteiger partial charge in [0.25, 0.3) is 0 Å². The van der Waals surface area contributed by atoms with E-state index in [9.17, 15) is 0 Å².